The first kappa shape index (κ1) is 24.3. The molecule has 1 N–H and O–H groups in total. The zero-order chi connectivity index (χ0) is 23.3. The van der Waals surface area contributed by atoms with Crippen molar-refractivity contribution >= 4 is 39.3 Å². The van der Waals surface area contributed by atoms with Crippen LogP contribution < -0.4 is 5.32 Å². The largest absolute Gasteiger partial charge is 0.324 e. The lowest BCUT2D eigenvalue weighted by Crippen LogP contribution is -2.44. The number of thioether (sulfide) groups is 1. The van der Waals surface area contributed by atoms with Crippen LogP contribution in [-0.4, -0.2) is 60.6 Å². The number of hydrogen-bond donors (Lipinski definition) is 1. The van der Waals surface area contributed by atoms with Gasteiger partial charge in [0.05, 0.1) is 4.90 Å². The molecular formula is C23H29N3O4S2. The molecule has 2 aromatic carbocycles. The molecule has 0 radical (unpaired) electrons. The first-order valence-electron chi connectivity index (χ1n) is 10.6. The summed E-state index contributed by atoms with van der Waals surface area (Å²) < 4.78 is 26.7. The highest BCUT2D eigenvalue weighted by atomic mass is 32.2. The van der Waals surface area contributed by atoms with Crippen molar-refractivity contribution in [3.8, 4) is 0 Å². The van der Waals surface area contributed by atoms with Crippen LogP contribution in [0.1, 0.15) is 36.2 Å². The van der Waals surface area contributed by atoms with E-state index in [2.05, 4.69) is 5.32 Å². The number of fused-ring (bicyclic) bond motifs is 1. The van der Waals surface area contributed by atoms with Gasteiger partial charge in [-0.3, -0.25) is 9.59 Å². The standard InChI is InChI=1S/C23H29N3O4S2/c1-4-25(5-2)32(29,30)19-12-10-18(11-13-19)24-22(27)21(14-15-31-3)26-16-17-8-6-7-9-20(17)23(26)28/h6-13,21H,4-5,14-16H2,1-3H3,(H,24,27). The summed E-state index contributed by atoms with van der Waals surface area (Å²) in [6.45, 7) is 4.77. The summed E-state index contributed by atoms with van der Waals surface area (Å²) in [6.07, 6.45) is 2.49. The Hall–Kier alpha value is -2.36. The Bertz CT molecular complexity index is 1070. The fraction of sp³-hybridized carbons (Fsp3) is 0.391. The smallest absolute Gasteiger partial charge is 0.255 e. The van der Waals surface area contributed by atoms with E-state index < -0.39 is 16.1 Å². The minimum absolute atomic E-state index is 0.137. The molecule has 3 rings (SSSR count). The SMILES string of the molecule is CCN(CC)S(=O)(=O)c1ccc(NC(=O)C(CCSC)N2Cc3ccccc3C2=O)cc1. The molecule has 0 saturated carbocycles. The van der Waals surface area contributed by atoms with Gasteiger partial charge in [0.2, 0.25) is 15.9 Å². The van der Waals surface area contributed by atoms with E-state index >= 15 is 0 Å². The van der Waals surface area contributed by atoms with Gasteiger partial charge in [0.1, 0.15) is 6.04 Å². The Kier molecular flexibility index (Phi) is 7.97. The molecule has 2 aromatic rings. The van der Waals surface area contributed by atoms with Gasteiger partial charge in [-0.05, 0) is 54.3 Å². The van der Waals surface area contributed by atoms with Gasteiger partial charge < -0.3 is 10.2 Å². The van der Waals surface area contributed by atoms with Gasteiger partial charge in [0.25, 0.3) is 5.91 Å². The number of amides is 2. The van der Waals surface area contributed by atoms with Crippen LogP contribution >= 0.6 is 11.8 Å². The fourth-order valence-electron chi connectivity index (χ4n) is 3.83. The highest BCUT2D eigenvalue weighted by Gasteiger charge is 2.36. The molecule has 1 heterocycles. The summed E-state index contributed by atoms with van der Waals surface area (Å²) in [5.74, 6) is 0.321. The van der Waals surface area contributed by atoms with Gasteiger partial charge in [-0.15, -0.1) is 0 Å². The summed E-state index contributed by atoms with van der Waals surface area (Å²) in [5, 5.41) is 2.86. The number of anilines is 1. The number of carbonyl (C=O) groups excluding carboxylic acids is 2. The van der Waals surface area contributed by atoms with Crippen LogP contribution in [0.4, 0.5) is 5.69 Å². The van der Waals surface area contributed by atoms with Gasteiger partial charge >= 0.3 is 0 Å². The second-order valence-corrected chi connectivity index (χ2v) is 10.4. The molecule has 0 bridgehead atoms. The Balaban J connectivity index is 1.77. The summed E-state index contributed by atoms with van der Waals surface area (Å²) >= 11 is 1.62. The molecule has 9 heteroatoms. The third kappa shape index (κ3) is 5.00. The summed E-state index contributed by atoms with van der Waals surface area (Å²) in [5.41, 5.74) is 2.05. The van der Waals surface area contributed by atoms with Crippen molar-refractivity contribution in [3.63, 3.8) is 0 Å². The molecule has 1 aliphatic rings. The van der Waals surface area contributed by atoms with E-state index in [1.807, 2.05) is 24.5 Å². The minimum atomic E-state index is -3.56. The summed E-state index contributed by atoms with van der Waals surface area (Å²) in [4.78, 5) is 27.8. The topological polar surface area (TPSA) is 86.8 Å². The van der Waals surface area contributed by atoms with Crippen LogP contribution in [0.5, 0.6) is 0 Å². The maximum absolute atomic E-state index is 13.1. The molecule has 0 aliphatic carbocycles. The van der Waals surface area contributed by atoms with Gasteiger partial charge in [-0.25, -0.2) is 8.42 Å². The normalized spacial score (nSPS) is 14.5. The Morgan fingerprint density at radius 1 is 1.12 bits per heavy atom. The lowest BCUT2D eigenvalue weighted by molar-refractivity contribution is -0.120. The van der Waals surface area contributed by atoms with Crippen molar-refractivity contribution in [2.45, 2.75) is 37.8 Å². The fourth-order valence-corrected chi connectivity index (χ4v) is 5.75. The number of hydrogen-bond acceptors (Lipinski definition) is 5. The number of sulfonamides is 1. The molecule has 172 valence electrons. The molecule has 32 heavy (non-hydrogen) atoms. The van der Waals surface area contributed by atoms with Gasteiger partial charge in [0.15, 0.2) is 0 Å². The summed E-state index contributed by atoms with van der Waals surface area (Å²) in [7, 11) is -3.56. The van der Waals surface area contributed by atoms with Crippen molar-refractivity contribution < 1.29 is 18.0 Å². The number of carbonyl (C=O) groups is 2. The monoisotopic (exact) mass is 475 g/mol. The van der Waals surface area contributed by atoms with E-state index in [9.17, 15) is 18.0 Å². The number of benzene rings is 2. The molecule has 0 saturated heterocycles. The molecule has 1 unspecified atom stereocenters. The van der Waals surface area contributed by atoms with Crippen molar-refractivity contribution in [3.05, 3.63) is 59.7 Å². The number of rotatable bonds is 10. The van der Waals surface area contributed by atoms with E-state index in [1.54, 1.807) is 48.7 Å². The molecule has 0 spiro atoms. The van der Waals surface area contributed by atoms with Crippen LogP contribution in [-0.2, 0) is 21.4 Å². The Morgan fingerprint density at radius 2 is 1.78 bits per heavy atom. The Morgan fingerprint density at radius 3 is 2.38 bits per heavy atom. The molecule has 1 aliphatic heterocycles. The second-order valence-electron chi connectivity index (χ2n) is 7.49. The predicted molar refractivity (Wildman–Crippen MR) is 128 cm³/mol. The Labute approximate surface area is 194 Å². The second kappa shape index (κ2) is 10.5. The molecule has 0 aromatic heterocycles. The molecular weight excluding hydrogens is 446 g/mol. The van der Waals surface area contributed by atoms with Crippen LogP contribution in [0.25, 0.3) is 0 Å². The molecule has 7 nitrogen and oxygen atoms in total. The molecule has 1 atom stereocenters. The van der Waals surface area contributed by atoms with E-state index in [1.165, 1.54) is 16.4 Å². The highest BCUT2D eigenvalue weighted by Crippen LogP contribution is 2.27. The van der Waals surface area contributed by atoms with Crippen LogP contribution in [0.15, 0.2) is 53.4 Å². The zero-order valence-corrected chi connectivity index (χ0v) is 20.2. The quantitative estimate of drug-likeness (QED) is 0.569. The summed E-state index contributed by atoms with van der Waals surface area (Å²) in [6, 6.07) is 13.0. The highest BCUT2D eigenvalue weighted by molar-refractivity contribution is 7.98. The van der Waals surface area contributed by atoms with Gasteiger partial charge in [-0.2, -0.15) is 16.1 Å². The third-order valence-corrected chi connectivity index (χ3v) is 8.30. The lowest BCUT2D eigenvalue weighted by Gasteiger charge is -2.27. The maximum Gasteiger partial charge on any atom is 0.255 e. The number of nitrogens with one attached hydrogen (secondary N) is 1. The zero-order valence-electron chi connectivity index (χ0n) is 18.6. The average molecular weight is 476 g/mol. The van der Waals surface area contributed by atoms with E-state index in [0.717, 1.165) is 11.3 Å². The third-order valence-electron chi connectivity index (χ3n) is 5.59. The number of nitrogens with zero attached hydrogens (tertiary/aromatic N) is 2. The van der Waals surface area contributed by atoms with Crippen LogP contribution in [0.3, 0.4) is 0 Å². The maximum atomic E-state index is 13.1. The van der Waals surface area contributed by atoms with Crippen molar-refractivity contribution in [2.75, 3.05) is 30.4 Å². The van der Waals surface area contributed by atoms with E-state index in [4.69, 9.17) is 0 Å². The van der Waals surface area contributed by atoms with Crippen LogP contribution in [0, 0.1) is 0 Å². The lowest BCUT2D eigenvalue weighted by atomic mass is 10.1. The molecule has 2 amide bonds. The predicted octanol–water partition coefficient (Wildman–Crippen LogP) is 3.43. The van der Waals surface area contributed by atoms with Crippen LogP contribution in [0.2, 0.25) is 0 Å². The van der Waals surface area contributed by atoms with Crippen molar-refractivity contribution in [1.82, 2.24) is 9.21 Å². The van der Waals surface area contributed by atoms with E-state index in [-0.39, 0.29) is 16.7 Å². The molecule has 0 fully saturated rings. The van der Waals surface area contributed by atoms with Crippen molar-refractivity contribution in [1.29, 1.82) is 0 Å². The minimum Gasteiger partial charge on any atom is -0.324 e. The van der Waals surface area contributed by atoms with Crippen molar-refractivity contribution in [2.24, 2.45) is 0 Å². The van der Waals surface area contributed by atoms with Gasteiger partial charge in [-0.1, -0.05) is 32.0 Å². The van der Waals surface area contributed by atoms with E-state index in [0.29, 0.717) is 37.3 Å². The first-order chi connectivity index (χ1) is 15.3. The first-order valence-corrected chi connectivity index (χ1v) is 13.5. The van der Waals surface area contributed by atoms with Gasteiger partial charge in [0, 0.05) is 30.9 Å². The average Bonchev–Trinajstić information content (AvgIpc) is 3.11.